The first-order valence-corrected chi connectivity index (χ1v) is 46.9. The molecule has 8 saturated heterocycles. The highest BCUT2D eigenvalue weighted by Gasteiger charge is 2.61. The van der Waals surface area contributed by atoms with Crippen molar-refractivity contribution in [1.82, 2.24) is 0 Å². The Balaban J connectivity index is 0.632. The fraction of sp³-hybridized carbons (Fsp3) is 0.953. The van der Waals surface area contributed by atoms with Crippen LogP contribution in [0.2, 0.25) is 0 Å². The molecule has 14 fully saturated rings. The van der Waals surface area contributed by atoms with Gasteiger partial charge in [0.2, 0.25) is 0 Å². The van der Waals surface area contributed by atoms with E-state index in [0.717, 1.165) is 0 Å². The number of ether oxygens (including phenoxy) is 19. The molecule has 6 aliphatic carbocycles. The lowest BCUT2D eigenvalue weighted by atomic mass is 9.72. The Labute approximate surface area is 768 Å². The van der Waals surface area contributed by atoms with E-state index in [1.807, 2.05) is 0 Å². The number of hydrogen-bond donors (Lipinski definition) is 26. The minimum atomic E-state index is -2.32. The summed E-state index contributed by atoms with van der Waals surface area (Å²) in [6.07, 6.45) is -73.9. The molecule has 8 aliphatic heterocycles. The van der Waals surface area contributed by atoms with Gasteiger partial charge in [0.1, 0.15) is 203 Å². The zero-order valence-corrected chi connectivity index (χ0v) is 73.7. The number of aliphatic hydroxyl groups excluding tert-OH is 26. The molecule has 770 valence electrons. The van der Waals surface area contributed by atoms with Gasteiger partial charge in [-0.05, 0) is 129 Å². The van der Waals surface area contributed by atoms with Gasteiger partial charge in [-0.25, -0.2) is 0 Å². The average molecular weight is 1940 g/mol. The molecule has 43 atom stereocenters. The second-order valence-electron chi connectivity index (χ2n) is 38.7. The van der Waals surface area contributed by atoms with Gasteiger partial charge in [-0.15, -0.1) is 0 Å². The van der Waals surface area contributed by atoms with E-state index in [1.165, 1.54) is 6.92 Å². The van der Waals surface area contributed by atoms with Gasteiger partial charge < -0.3 is 223 Å². The van der Waals surface area contributed by atoms with Crippen molar-refractivity contribution in [2.75, 3.05) is 39.6 Å². The molecule has 0 spiro atoms. The molecule has 49 nitrogen and oxygen atoms in total. The summed E-state index contributed by atoms with van der Waals surface area (Å²) in [5, 5.41) is 289. The average Bonchev–Trinajstić information content (AvgIpc) is 0.767. The predicted octanol–water partition coefficient (Wildman–Crippen LogP) is -12.2. The zero-order chi connectivity index (χ0) is 96.4. The fourth-order valence-corrected chi connectivity index (χ4v) is 21.0. The van der Waals surface area contributed by atoms with Crippen LogP contribution in [0, 0.1) is 35.5 Å². The van der Waals surface area contributed by atoms with Crippen LogP contribution in [-0.4, -0.2) is 489 Å². The van der Waals surface area contributed by atoms with Crippen LogP contribution in [0.5, 0.6) is 0 Å². The minimum absolute atomic E-state index is 0.0686. The van der Waals surface area contributed by atoms with Gasteiger partial charge in [-0.2, -0.15) is 0 Å². The predicted molar refractivity (Wildman–Crippen MR) is 430 cm³/mol. The van der Waals surface area contributed by atoms with Crippen molar-refractivity contribution in [3.63, 3.8) is 0 Å². The quantitative estimate of drug-likeness (QED) is 0.0188. The van der Waals surface area contributed by atoms with Crippen molar-refractivity contribution in [3.8, 4) is 0 Å². The molecule has 0 bridgehead atoms. The van der Waals surface area contributed by atoms with Crippen molar-refractivity contribution in [2.24, 2.45) is 35.5 Å². The third kappa shape index (κ3) is 24.5. The molecule has 0 amide bonds. The normalized spacial score (nSPS) is 50.5. The molecular formula is C85H137O49+. The molecule has 8 heterocycles. The first-order valence-electron chi connectivity index (χ1n) is 46.9. The van der Waals surface area contributed by atoms with Gasteiger partial charge >= 0.3 is 23.9 Å². The molecule has 14 rings (SSSR count). The summed E-state index contributed by atoms with van der Waals surface area (Å²) < 4.78 is 112. The Morgan fingerprint density at radius 2 is 0.604 bits per heavy atom. The summed E-state index contributed by atoms with van der Waals surface area (Å²) in [5.41, 5.74) is 0. The number of carbonyl (C=O) groups is 4. The third-order valence-electron chi connectivity index (χ3n) is 29.5. The summed E-state index contributed by atoms with van der Waals surface area (Å²) >= 11 is 0. The zero-order valence-electron chi connectivity index (χ0n) is 73.7. The highest BCUT2D eigenvalue weighted by atomic mass is 16.8. The van der Waals surface area contributed by atoms with Crippen molar-refractivity contribution >= 4 is 23.9 Å². The van der Waals surface area contributed by atoms with Gasteiger partial charge in [0, 0.05) is 18.8 Å². The van der Waals surface area contributed by atoms with Crippen molar-refractivity contribution in [2.45, 2.75) is 430 Å². The molecule has 0 aromatic carbocycles. The molecular weight excluding hydrogens is 1800 g/mol. The van der Waals surface area contributed by atoms with Crippen molar-refractivity contribution < 1.29 is 242 Å². The monoisotopic (exact) mass is 1940 g/mol. The number of fused-ring (bicyclic) bond motifs is 1. The molecule has 134 heavy (non-hydrogen) atoms. The van der Waals surface area contributed by atoms with Crippen LogP contribution in [0.25, 0.3) is 0 Å². The Morgan fingerprint density at radius 3 is 1.01 bits per heavy atom. The molecule has 49 heteroatoms. The molecule has 14 aliphatic rings. The van der Waals surface area contributed by atoms with Crippen LogP contribution in [0.1, 0.15) is 142 Å². The van der Waals surface area contributed by atoms with Crippen LogP contribution in [0.4, 0.5) is 0 Å². The van der Waals surface area contributed by atoms with Crippen LogP contribution >= 0.6 is 0 Å². The van der Waals surface area contributed by atoms with Gasteiger partial charge in [-0.3, -0.25) is 19.2 Å². The lowest BCUT2D eigenvalue weighted by Gasteiger charge is -2.50. The Kier molecular flexibility index (Phi) is 37.0. The number of rotatable bonds is 29. The van der Waals surface area contributed by atoms with E-state index in [0.29, 0.717) is 51.4 Å². The van der Waals surface area contributed by atoms with E-state index in [9.17, 15) is 152 Å². The SMILES string of the molecule is CC1OC(OCC2OC(OC3CC4C(O)CC(OC5OC(COC(=O)C6CCC(OC7OC(COC(=O)C8CCC(O)CC8)C(O)C(O)C7O)CC6)C(O)C(OC6OC(CO)C(O)C(OC7OC(COC(=O)C8CCC(OC9OC(COC(=O)C%10CCC(O)CC%10)C(O)C(O)C9O)CC8)C(O)C(O)C7O)C6O)C5O)CC4[OH+]C3C3CC(O)C(O)C(O)C3)C(O)C(O)C2O)C(O)C(O)C1O. The lowest BCUT2D eigenvalue weighted by molar-refractivity contribution is -0.385. The van der Waals surface area contributed by atoms with Gasteiger partial charge in [-0.1, -0.05) is 0 Å². The molecule has 43 unspecified atom stereocenters. The highest BCUT2D eigenvalue weighted by molar-refractivity contribution is 5.74. The number of hydrogen-bond acceptors (Lipinski definition) is 48. The van der Waals surface area contributed by atoms with Crippen LogP contribution in [-0.2, 0) is 104 Å². The topological polar surface area (TPSA) is 773 Å². The molecule has 6 saturated carbocycles. The van der Waals surface area contributed by atoms with Crippen LogP contribution in [0.3, 0.4) is 0 Å². The first-order chi connectivity index (χ1) is 63.7. The van der Waals surface area contributed by atoms with Crippen molar-refractivity contribution in [1.29, 1.82) is 0 Å². The largest absolute Gasteiger partial charge is 0.463 e. The second kappa shape index (κ2) is 46.7. The second-order valence-corrected chi connectivity index (χ2v) is 38.7. The van der Waals surface area contributed by atoms with E-state index in [2.05, 4.69) is 0 Å². The van der Waals surface area contributed by atoms with Gasteiger partial charge in [0.05, 0.1) is 97.7 Å². The maximum atomic E-state index is 14.2. The Hall–Kier alpha value is -3.76. The maximum absolute atomic E-state index is 14.2. The van der Waals surface area contributed by atoms with Gasteiger partial charge in [0.15, 0.2) is 56.2 Å². The van der Waals surface area contributed by atoms with Gasteiger partial charge in [0.25, 0.3) is 0 Å². The summed E-state index contributed by atoms with van der Waals surface area (Å²) in [6, 6.07) is 0. The first kappa shape index (κ1) is 106. The van der Waals surface area contributed by atoms with Crippen LogP contribution < -0.4 is 0 Å². The van der Waals surface area contributed by atoms with E-state index in [1.54, 1.807) is 0 Å². The Morgan fingerprint density at radius 1 is 0.284 bits per heavy atom. The summed E-state index contributed by atoms with van der Waals surface area (Å²) in [6.45, 7) is -3.00. The van der Waals surface area contributed by atoms with Crippen LogP contribution in [0.15, 0.2) is 0 Å². The fourth-order valence-electron chi connectivity index (χ4n) is 21.0. The summed E-state index contributed by atoms with van der Waals surface area (Å²) in [7, 11) is 0. The highest BCUT2D eigenvalue weighted by Crippen LogP contribution is 2.46. The number of esters is 4. The van der Waals surface area contributed by atoms with E-state index >= 15 is 0 Å². The summed E-state index contributed by atoms with van der Waals surface area (Å²) in [4.78, 5) is 53.7. The molecule has 0 aromatic rings. The van der Waals surface area contributed by atoms with E-state index in [-0.39, 0.29) is 83.5 Å². The maximum Gasteiger partial charge on any atom is 0.309 e. The molecule has 0 radical (unpaired) electrons. The lowest BCUT2D eigenvalue weighted by Crippen LogP contribution is -2.67. The van der Waals surface area contributed by atoms with Crippen molar-refractivity contribution in [3.05, 3.63) is 0 Å². The third-order valence-corrected chi connectivity index (χ3v) is 29.5. The minimum Gasteiger partial charge on any atom is -0.463 e. The van der Waals surface area contributed by atoms with E-state index in [4.69, 9.17) is 90.0 Å². The Bertz CT molecular complexity index is 3660. The smallest absolute Gasteiger partial charge is 0.309 e. The number of aliphatic hydroxyl groups is 28. The molecule has 0 aromatic heterocycles. The number of carbonyl (C=O) groups excluding carboxylic acids is 4. The summed E-state index contributed by atoms with van der Waals surface area (Å²) in [5.74, 6) is -7.25. The standard InChI is InChI=1S/C85H136O49/c1-29-52(92)60(100)65(105)79(121-29)120-28-50-57(97)63(103)68(108)82(130-50)126-45-22-40-41(89)20-39(21-44(40)125-72(45)34-18-42(90)53(93)43(91)19-34)124-84-70(110)74(59(99)51(132-84)27-119-78(115)33-8-16-38(17-9-33)123-81-67(107)62(102)55(95)48(129-81)25-117-76(113)31-4-12-36(88)13-5-31)134-85-71(111)73(58(98)46(23-86)127-85)133-83-69(109)64(104)56(96)49(131-83)26-118-77(114)32-6-14-37(15-7-32)122-80-66(106)61(101)54(94)47(128-80)24-116-75(112)30-2-10-35(87)11-3-30/h29-74,79-111H,2-28H2,1H3/p+1. The van der Waals surface area contributed by atoms with E-state index < -0.39 is 387 Å². The molecule has 27 N–H and O–H groups in total.